The maximum Gasteiger partial charge on any atom is 0.191 e. The van der Waals surface area contributed by atoms with Gasteiger partial charge in [-0.25, -0.2) is 0 Å². The number of ether oxygens (including phenoxy) is 2. The number of ketones is 1. The molecule has 0 spiro atoms. The predicted octanol–water partition coefficient (Wildman–Crippen LogP) is 3.70. The van der Waals surface area contributed by atoms with E-state index in [0.29, 0.717) is 0 Å². The van der Waals surface area contributed by atoms with Crippen LogP contribution in [0.15, 0.2) is 66.7 Å². The maximum absolute atomic E-state index is 12.3. The molecule has 3 heteroatoms. The Hall–Kier alpha value is -2.23. The van der Waals surface area contributed by atoms with Crippen LogP contribution in [-0.2, 0) is 19.9 Å². The molecule has 0 radical (unpaired) electrons. The van der Waals surface area contributed by atoms with Crippen LogP contribution in [0.25, 0.3) is 11.1 Å². The molecule has 0 saturated carbocycles. The second-order valence-electron chi connectivity index (χ2n) is 5.42. The van der Waals surface area contributed by atoms with Gasteiger partial charge in [-0.3, -0.25) is 4.79 Å². The zero-order valence-corrected chi connectivity index (χ0v) is 12.7. The van der Waals surface area contributed by atoms with E-state index >= 15 is 0 Å². The van der Waals surface area contributed by atoms with Gasteiger partial charge in [0.2, 0.25) is 0 Å². The monoisotopic (exact) mass is 294 g/mol. The first-order valence-corrected chi connectivity index (χ1v) is 7.23. The highest BCUT2D eigenvalue weighted by Crippen LogP contribution is 2.33. The molecule has 0 amide bonds. The van der Waals surface area contributed by atoms with Gasteiger partial charge in [0.05, 0.1) is 0 Å². The molecule has 2 aromatic rings. The van der Waals surface area contributed by atoms with Crippen molar-refractivity contribution in [2.75, 3.05) is 7.11 Å². The zero-order chi connectivity index (χ0) is 15.6. The molecule has 0 N–H and O–H groups in total. The molecule has 22 heavy (non-hydrogen) atoms. The topological polar surface area (TPSA) is 35.5 Å². The van der Waals surface area contributed by atoms with Crippen LogP contribution in [0.1, 0.15) is 12.5 Å². The van der Waals surface area contributed by atoms with Gasteiger partial charge in [-0.1, -0.05) is 54.6 Å². The molecule has 0 fully saturated rings. The molecule has 0 unspecified atom stereocenters. The summed E-state index contributed by atoms with van der Waals surface area (Å²) in [6.07, 6.45) is 2.65. The van der Waals surface area contributed by atoms with Crippen LogP contribution in [0.4, 0.5) is 0 Å². The van der Waals surface area contributed by atoms with Crippen LogP contribution in [-0.4, -0.2) is 19.2 Å². The third-order valence-electron chi connectivity index (χ3n) is 4.00. The summed E-state index contributed by atoms with van der Waals surface area (Å²) in [5, 5.41) is 0. The third kappa shape index (κ3) is 2.61. The molecule has 0 saturated heterocycles. The first kappa shape index (κ1) is 14.7. The Morgan fingerprint density at radius 3 is 2.27 bits per heavy atom. The highest BCUT2D eigenvalue weighted by Gasteiger charge is 2.39. The third-order valence-corrected chi connectivity index (χ3v) is 4.00. The fourth-order valence-corrected chi connectivity index (χ4v) is 2.60. The van der Waals surface area contributed by atoms with Gasteiger partial charge in [-0.05, 0) is 35.8 Å². The van der Waals surface area contributed by atoms with Gasteiger partial charge in [-0.15, -0.1) is 0 Å². The number of methoxy groups -OCH3 is 1. The van der Waals surface area contributed by atoms with Crippen molar-refractivity contribution in [2.45, 2.75) is 18.8 Å². The molecule has 0 aliphatic carbocycles. The lowest BCUT2D eigenvalue weighted by molar-refractivity contribution is -0.185. The molecule has 3 nitrogen and oxygen atoms in total. The summed E-state index contributed by atoms with van der Waals surface area (Å²) in [6.45, 7) is 1.78. The fourth-order valence-electron chi connectivity index (χ4n) is 2.60. The van der Waals surface area contributed by atoms with Crippen LogP contribution in [0.5, 0.6) is 0 Å². The predicted molar refractivity (Wildman–Crippen MR) is 85.3 cm³/mol. The molecular formula is C19H18O3. The molecule has 1 aliphatic heterocycles. The van der Waals surface area contributed by atoms with Crippen LogP contribution < -0.4 is 0 Å². The molecule has 0 aromatic heterocycles. The number of benzene rings is 2. The summed E-state index contributed by atoms with van der Waals surface area (Å²) in [5.74, 6) is -0.0757. The Morgan fingerprint density at radius 2 is 1.64 bits per heavy atom. The highest BCUT2D eigenvalue weighted by molar-refractivity contribution is 5.98. The first-order chi connectivity index (χ1) is 10.6. The lowest BCUT2D eigenvalue weighted by atomic mass is 9.88. The second-order valence-corrected chi connectivity index (χ2v) is 5.42. The van der Waals surface area contributed by atoms with E-state index in [0.717, 1.165) is 16.7 Å². The smallest absolute Gasteiger partial charge is 0.191 e. The van der Waals surface area contributed by atoms with Gasteiger partial charge in [0.1, 0.15) is 0 Å². The normalized spacial score (nSPS) is 24.5. The Balaban J connectivity index is 1.92. The van der Waals surface area contributed by atoms with E-state index in [2.05, 4.69) is 12.1 Å². The van der Waals surface area contributed by atoms with Crippen molar-refractivity contribution in [3.05, 3.63) is 72.3 Å². The van der Waals surface area contributed by atoms with Gasteiger partial charge in [0.15, 0.2) is 17.7 Å². The average molecular weight is 294 g/mol. The maximum atomic E-state index is 12.3. The highest BCUT2D eigenvalue weighted by atomic mass is 16.7. The van der Waals surface area contributed by atoms with Gasteiger partial charge >= 0.3 is 0 Å². The molecule has 112 valence electrons. The Labute approximate surface area is 130 Å². The van der Waals surface area contributed by atoms with E-state index in [9.17, 15) is 4.79 Å². The number of hydrogen-bond acceptors (Lipinski definition) is 3. The Bertz CT molecular complexity index is 688. The SMILES string of the molecule is CO[C@@H]1C=CC(=O)[C@](C)(c2ccc(-c3ccccc3)cc2)O1. The lowest BCUT2D eigenvalue weighted by Crippen LogP contribution is -2.41. The van der Waals surface area contributed by atoms with Crippen LogP contribution in [0.2, 0.25) is 0 Å². The van der Waals surface area contributed by atoms with Crippen LogP contribution in [0, 0.1) is 0 Å². The van der Waals surface area contributed by atoms with Crippen LogP contribution >= 0.6 is 0 Å². The molecule has 2 atom stereocenters. The van der Waals surface area contributed by atoms with Gasteiger partial charge in [-0.2, -0.15) is 0 Å². The molecule has 2 aromatic carbocycles. The molecule has 1 aliphatic rings. The number of carbonyl (C=O) groups is 1. The van der Waals surface area contributed by atoms with Gasteiger partial charge in [0, 0.05) is 7.11 Å². The van der Waals surface area contributed by atoms with E-state index in [-0.39, 0.29) is 5.78 Å². The second kappa shape index (κ2) is 5.87. The van der Waals surface area contributed by atoms with Crippen molar-refractivity contribution in [3.63, 3.8) is 0 Å². The van der Waals surface area contributed by atoms with Crippen molar-refractivity contribution >= 4 is 5.78 Å². The summed E-state index contributed by atoms with van der Waals surface area (Å²) in [5.41, 5.74) is 2.06. The van der Waals surface area contributed by atoms with Crippen molar-refractivity contribution in [3.8, 4) is 11.1 Å². The molecular weight excluding hydrogens is 276 g/mol. The molecule has 1 heterocycles. The minimum Gasteiger partial charge on any atom is -0.352 e. The fraction of sp³-hybridized carbons (Fsp3) is 0.211. The van der Waals surface area contributed by atoms with E-state index in [1.54, 1.807) is 20.1 Å². The summed E-state index contributed by atoms with van der Waals surface area (Å²) < 4.78 is 11.0. The summed E-state index contributed by atoms with van der Waals surface area (Å²) in [4.78, 5) is 12.3. The van der Waals surface area contributed by atoms with E-state index in [4.69, 9.17) is 9.47 Å². The van der Waals surface area contributed by atoms with Crippen molar-refractivity contribution < 1.29 is 14.3 Å². The van der Waals surface area contributed by atoms with Crippen molar-refractivity contribution in [2.24, 2.45) is 0 Å². The van der Waals surface area contributed by atoms with E-state index < -0.39 is 11.9 Å². The first-order valence-electron chi connectivity index (χ1n) is 7.23. The largest absolute Gasteiger partial charge is 0.352 e. The minimum absolute atomic E-state index is 0.0757. The zero-order valence-electron chi connectivity index (χ0n) is 12.7. The molecule has 3 rings (SSSR count). The Morgan fingerprint density at radius 1 is 1.00 bits per heavy atom. The van der Waals surface area contributed by atoms with Gasteiger partial charge < -0.3 is 9.47 Å². The standard InChI is InChI=1S/C19H18O3/c1-19(17(20)12-13-18(21-2)22-19)16-10-8-15(9-11-16)14-6-4-3-5-7-14/h3-13,18H,1-2H3/t18-,19-/m0/s1. The lowest BCUT2D eigenvalue weighted by Gasteiger charge is -2.33. The number of hydrogen-bond donors (Lipinski definition) is 0. The summed E-state index contributed by atoms with van der Waals surface area (Å²) in [6, 6.07) is 18.0. The van der Waals surface area contributed by atoms with Gasteiger partial charge in [0.25, 0.3) is 0 Å². The number of rotatable bonds is 3. The quantitative estimate of drug-likeness (QED) is 0.866. The molecule has 0 bridgehead atoms. The van der Waals surface area contributed by atoms with Crippen LogP contribution in [0.3, 0.4) is 0 Å². The Kier molecular flexibility index (Phi) is 3.92. The average Bonchev–Trinajstić information content (AvgIpc) is 2.58. The van der Waals surface area contributed by atoms with Crippen molar-refractivity contribution in [1.82, 2.24) is 0 Å². The number of carbonyl (C=O) groups excluding carboxylic acids is 1. The summed E-state index contributed by atoms with van der Waals surface area (Å²) >= 11 is 0. The van der Waals surface area contributed by atoms with E-state index in [1.807, 2.05) is 42.5 Å². The minimum atomic E-state index is -1.01. The summed E-state index contributed by atoms with van der Waals surface area (Å²) in [7, 11) is 1.56. The van der Waals surface area contributed by atoms with E-state index in [1.165, 1.54) is 6.08 Å². The van der Waals surface area contributed by atoms with Crippen molar-refractivity contribution in [1.29, 1.82) is 0 Å².